The van der Waals surface area contributed by atoms with Crippen LogP contribution in [0.5, 0.6) is 0 Å². The molecule has 8 nitrogen and oxygen atoms in total. The quantitative estimate of drug-likeness (QED) is 0.591. The van der Waals surface area contributed by atoms with Crippen LogP contribution in [0.25, 0.3) is 11.0 Å². The largest absolute Gasteiger partial charge is 0.379 e. The van der Waals surface area contributed by atoms with Crippen LogP contribution in [0.15, 0.2) is 35.3 Å². The smallest absolute Gasteiger partial charge is 0.253 e. The number of likely N-dealkylation sites (N-methyl/N-ethyl adjacent to an activating group) is 1. The number of pyridine rings is 1. The summed E-state index contributed by atoms with van der Waals surface area (Å²) >= 11 is 0. The van der Waals surface area contributed by atoms with Crippen LogP contribution in [-0.2, 0) is 17.7 Å². The fraction of sp³-hybridized carbons (Fsp3) is 0.375. The van der Waals surface area contributed by atoms with Gasteiger partial charge in [-0.05, 0) is 37.2 Å². The van der Waals surface area contributed by atoms with Gasteiger partial charge in [0, 0.05) is 55.4 Å². The second kappa shape index (κ2) is 8.61. The minimum absolute atomic E-state index is 0.188. The van der Waals surface area contributed by atoms with Crippen LogP contribution in [0.3, 0.4) is 0 Å². The van der Waals surface area contributed by atoms with Gasteiger partial charge in [0.25, 0.3) is 5.56 Å². The Bertz CT molecular complexity index is 1250. The summed E-state index contributed by atoms with van der Waals surface area (Å²) in [7, 11) is 2.16. The van der Waals surface area contributed by atoms with E-state index in [9.17, 15) is 4.79 Å². The molecule has 4 bridgehead atoms. The summed E-state index contributed by atoms with van der Waals surface area (Å²) in [4.78, 5) is 26.6. The van der Waals surface area contributed by atoms with Crippen molar-refractivity contribution in [1.82, 2.24) is 19.4 Å². The molecule has 0 spiro atoms. The summed E-state index contributed by atoms with van der Waals surface area (Å²) in [6.45, 7) is 5.51. The number of hydrogen-bond acceptors (Lipinski definition) is 7. The predicted molar refractivity (Wildman–Crippen MR) is 126 cm³/mol. The second-order valence-electron chi connectivity index (χ2n) is 8.24. The average molecular weight is 431 g/mol. The SMILES string of the molecule is C#Cc1cc(=O)n2c3nc(ncc13)Nc1ccc(N3CCN(C)CC3)c(c1)CCOCC2. The second-order valence-corrected chi connectivity index (χ2v) is 8.24. The number of piperazine rings is 1. The maximum atomic E-state index is 12.7. The summed E-state index contributed by atoms with van der Waals surface area (Å²) < 4.78 is 7.53. The van der Waals surface area contributed by atoms with Gasteiger partial charge in [0.05, 0.1) is 25.1 Å². The minimum Gasteiger partial charge on any atom is -0.379 e. The Balaban J connectivity index is 1.55. The van der Waals surface area contributed by atoms with E-state index in [4.69, 9.17) is 11.2 Å². The van der Waals surface area contributed by atoms with E-state index in [1.807, 2.05) is 0 Å². The summed E-state index contributed by atoms with van der Waals surface area (Å²) in [6.07, 6.45) is 8.07. The number of aromatic nitrogens is 3. The third-order valence-electron chi connectivity index (χ3n) is 6.16. The fourth-order valence-electron chi connectivity index (χ4n) is 4.34. The lowest BCUT2D eigenvalue weighted by Gasteiger charge is -2.35. The highest BCUT2D eigenvalue weighted by Gasteiger charge is 2.18. The first kappa shape index (κ1) is 20.5. The molecule has 1 saturated heterocycles. The first-order chi connectivity index (χ1) is 15.6. The van der Waals surface area contributed by atoms with E-state index in [0.29, 0.717) is 42.3 Å². The van der Waals surface area contributed by atoms with Gasteiger partial charge < -0.3 is 19.9 Å². The van der Waals surface area contributed by atoms with Crippen LogP contribution in [-0.4, -0.2) is 65.9 Å². The molecular formula is C24H26N6O2. The molecule has 8 heteroatoms. The van der Waals surface area contributed by atoms with Crippen LogP contribution in [0.1, 0.15) is 11.1 Å². The van der Waals surface area contributed by atoms with Crippen molar-refractivity contribution in [2.45, 2.75) is 13.0 Å². The van der Waals surface area contributed by atoms with Gasteiger partial charge in [-0.1, -0.05) is 5.92 Å². The van der Waals surface area contributed by atoms with Gasteiger partial charge in [0.1, 0.15) is 5.65 Å². The van der Waals surface area contributed by atoms with Crippen LogP contribution < -0.4 is 15.8 Å². The van der Waals surface area contributed by atoms with Gasteiger partial charge in [0.2, 0.25) is 5.95 Å². The highest BCUT2D eigenvalue weighted by molar-refractivity contribution is 5.82. The summed E-state index contributed by atoms with van der Waals surface area (Å²) in [5.41, 5.74) is 4.20. The van der Waals surface area contributed by atoms with Crippen molar-refractivity contribution in [1.29, 1.82) is 0 Å². The minimum atomic E-state index is -0.188. The number of rotatable bonds is 1. The van der Waals surface area contributed by atoms with E-state index in [0.717, 1.165) is 38.3 Å². The molecule has 0 radical (unpaired) electrons. The molecule has 3 aromatic rings. The number of fused-ring (bicyclic) bond motifs is 3. The molecule has 0 atom stereocenters. The van der Waals surface area contributed by atoms with E-state index < -0.39 is 0 Å². The Morgan fingerprint density at radius 1 is 1.12 bits per heavy atom. The molecule has 4 heterocycles. The van der Waals surface area contributed by atoms with Crippen molar-refractivity contribution < 1.29 is 4.74 Å². The molecule has 0 saturated carbocycles. The topological polar surface area (TPSA) is 75.5 Å². The molecule has 2 aromatic heterocycles. The molecule has 0 unspecified atom stereocenters. The first-order valence-corrected chi connectivity index (χ1v) is 10.9. The number of nitrogens with one attached hydrogen (secondary N) is 1. The van der Waals surface area contributed by atoms with Gasteiger partial charge >= 0.3 is 0 Å². The zero-order valence-corrected chi connectivity index (χ0v) is 18.2. The van der Waals surface area contributed by atoms with Crippen molar-refractivity contribution in [2.75, 3.05) is 56.7 Å². The molecule has 0 aliphatic carbocycles. The fourth-order valence-corrected chi connectivity index (χ4v) is 4.34. The zero-order chi connectivity index (χ0) is 22.1. The maximum Gasteiger partial charge on any atom is 0.253 e. The normalized spacial score (nSPS) is 17.2. The Labute approximate surface area is 186 Å². The Morgan fingerprint density at radius 3 is 2.78 bits per heavy atom. The van der Waals surface area contributed by atoms with Crippen molar-refractivity contribution >= 4 is 28.4 Å². The monoisotopic (exact) mass is 430 g/mol. The number of benzene rings is 1. The molecule has 0 amide bonds. The first-order valence-electron chi connectivity index (χ1n) is 10.9. The predicted octanol–water partition coefficient (Wildman–Crippen LogP) is 1.84. The molecule has 32 heavy (non-hydrogen) atoms. The van der Waals surface area contributed by atoms with E-state index in [1.54, 1.807) is 10.8 Å². The lowest BCUT2D eigenvalue weighted by molar-refractivity contribution is 0.129. The standard InChI is InChI=1S/C24H26N6O2/c1-3-17-15-22(31)30-11-13-32-12-6-18-14-19(26-24-25-16-20(17)23(30)27-24)4-5-21(18)29-9-7-28(2)8-10-29/h1,4-5,14-16H,6-13H2,2H3,(H,25,26,27). The number of nitrogens with zero attached hydrogens (tertiary/aromatic N) is 5. The lowest BCUT2D eigenvalue weighted by Crippen LogP contribution is -2.44. The van der Waals surface area contributed by atoms with Crippen LogP contribution in [0, 0.1) is 12.3 Å². The number of anilines is 3. The van der Waals surface area contributed by atoms with E-state index in [1.165, 1.54) is 17.3 Å². The van der Waals surface area contributed by atoms with Gasteiger partial charge in [-0.15, -0.1) is 6.42 Å². The third-order valence-corrected chi connectivity index (χ3v) is 6.16. The Hall–Kier alpha value is -3.41. The van der Waals surface area contributed by atoms with E-state index in [2.05, 4.69) is 56.3 Å². The zero-order valence-electron chi connectivity index (χ0n) is 18.2. The highest BCUT2D eigenvalue weighted by Crippen LogP contribution is 2.28. The van der Waals surface area contributed by atoms with Crippen molar-refractivity contribution in [2.24, 2.45) is 0 Å². The number of hydrogen-bond donors (Lipinski definition) is 1. The molecule has 5 rings (SSSR count). The van der Waals surface area contributed by atoms with Gasteiger partial charge in [-0.25, -0.2) is 4.98 Å². The third kappa shape index (κ3) is 3.93. The lowest BCUT2D eigenvalue weighted by atomic mass is 10.1. The molecular weight excluding hydrogens is 404 g/mol. The Morgan fingerprint density at radius 2 is 1.97 bits per heavy atom. The average Bonchev–Trinajstić information content (AvgIpc) is 2.81. The van der Waals surface area contributed by atoms with E-state index in [-0.39, 0.29) is 5.56 Å². The van der Waals surface area contributed by atoms with Crippen molar-refractivity contribution in [3.05, 3.63) is 51.9 Å². The molecule has 1 fully saturated rings. The molecule has 164 valence electrons. The molecule has 1 N–H and O–H groups in total. The summed E-state index contributed by atoms with van der Waals surface area (Å²) in [5.74, 6) is 3.00. The summed E-state index contributed by atoms with van der Waals surface area (Å²) in [6, 6.07) is 7.82. The summed E-state index contributed by atoms with van der Waals surface area (Å²) in [5, 5.41) is 3.98. The van der Waals surface area contributed by atoms with Crippen molar-refractivity contribution in [3.63, 3.8) is 0 Å². The van der Waals surface area contributed by atoms with Crippen LogP contribution >= 0.6 is 0 Å². The van der Waals surface area contributed by atoms with Crippen LogP contribution in [0.2, 0.25) is 0 Å². The van der Waals surface area contributed by atoms with Crippen molar-refractivity contribution in [3.8, 4) is 12.3 Å². The van der Waals surface area contributed by atoms with Gasteiger partial charge in [-0.2, -0.15) is 4.98 Å². The highest BCUT2D eigenvalue weighted by atomic mass is 16.5. The molecule has 1 aromatic carbocycles. The maximum absolute atomic E-state index is 12.7. The van der Waals surface area contributed by atoms with Gasteiger partial charge in [-0.3, -0.25) is 9.36 Å². The van der Waals surface area contributed by atoms with Gasteiger partial charge in [0.15, 0.2) is 0 Å². The Kier molecular flexibility index (Phi) is 5.52. The molecule has 2 aliphatic rings. The number of terminal acetylenes is 1. The van der Waals surface area contributed by atoms with E-state index >= 15 is 0 Å². The van der Waals surface area contributed by atoms with Crippen LogP contribution in [0.4, 0.5) is 17.3 Å². The molecule has 2 aliphatic heterocycles. The number of ether oxygens (including phenoxy) is 1.